The summed E-state index contributed by atoms with van der Waals surface area (Å²) in [6.07, 6.45) is 3.94. The summed E-state index contributed by atoms with van der Waals surface area (Å²) in [5, 5.41) is 2.78. The summed E-state index contributed by atoms with van der Waals surface area (Å²) in [7, 11) is 0. The van der Waals surface area contributed by atoms with Crippen molar-refractivity contribution in [2.75, 3.05) is 32.7 Å². The lowest BCUT2D eigenvalue weighted by Crippen LogP contribution is -2.49. The van der Waals surface area contributed by atoms with Crippen molar-refractivity contribution in [2.24, 2.45) is 0 Å². The Kier molecular flexibility index (Phi) is 6.06. The third-order valence-electron chi connectivity index (χ3n) is 5.32. The van der Waals surface area contributed by atoms with Gasteiger partial charge in [-0.3, -0.25) is 9.69 Å². The highest BCUT2D eigenvalue weighted by Gasteiger charge is 2.24. The minimum absolute atomic E-state index is 0.0415. The van der Waals surface area contributed by atoms with Crippen LogP contribution in [0.3, 0.4) is 0 Å². The van der Waals surface area contributed by atoms with E-state index >= 15 is 0 Å². The number of aromatic nitrogens is 3. The summed E-state index contributed by atoms with van der Waals surface area (Å²) in [6, 6.07) is 10.0. The topological polar surface area (TPSA) is 54.3 Å². The highest BCUT2D eigenvalue weighted by molar-refractivity contribution is 7.13. The second-order valence-electron chi connectivity index (χ2n) is 7.67. The molecule has 0 N–H and O–H groups in total. The third kappa shape index (κ3) is 4.57. The molecule has 0 spiro atoms. The molecular weight excluding hydrogens is 382 g/mol. The number of thiazole rings is 1. The maximum Gasteiger partial charge on any atom is 0.273 e. The van der Waals surface area contributed by atoms with Crippen LogP contribution in [0, 0.1) is 0 Å². The number of nitrogens with zero attached hydrogens (tertiary/aromatic N) is 5. The van der Waals surface area contributed by atoms with Crippen LogP contribution in [-0.2, 0) is 6.54 Å². The van der Waals surface area contributed by atoms with Gasteiger partial charge in [-0.2, -0.15) is 0 Å². The molecule has 29 heavy (non-hydrogen) atoms. The molecule has 6 nitrogen and oxygen atoms in total. The van der Waals surface area contributed by atoms with E-state index in [1.54, 1.807) is 0 Å². The molecule has 152 valence electrons. The zero-order valence-corrected chi connectivity index (χ0v) is 17.8. The highest BCUT2D eigenvalue weighted by atomic mass is 32.1. The molecule has 4 rings (SSSR count). The molecule has 0 unspecified atom stereocenters. The van der Waals surface area contributed by atoms with Crippen LogP contribution < -0.4 is 0 Å². The molecule has 0 atom stereocenters. The van der Waals surface area contributed by atoms with E-state index in [2.05, 4.69) is 39.5 Å². The lowest BCUT2D eigenvalue weighted by Gasteiger charge is -2.34. The molecular formula is C22H27N5OS. The maximum absolute atomic E-state index is 12.9. The van der Waals surface area contributed by atoms with E-state index in [1.165, 1.54) is 11.3 Å². The molecule has 7 heteroatoms. The van der Waals surface area contributed by atoms with E-state index in [9.17, 15) is 4.79 Å². The lowest BCUT2D eigenvalue weighted by atomic mass is 10.2. The zero-order valence-electron chi connectivity index (χ0n) is 17.0. The van der Waals surface area contributed by atoms with Gasteiger partial charge in [0.25, 0.3) is 5.91 Å². The van der Waals surface area contributed by atoms with Crippen LogP contribution in [-0.4, -0.2) is 63.0 Å². The van der Waals surface area contributed by atoms with Gasteiger partial charge in [-0.25, -0.2) is 9.97 Å². The normalized spacial score (nSPS) is 15.2. The first kappa shape index (κ1) is 19.8. The van der Waals surface area contributed by atoms with Gasteiger partial charge >= 0.3 is 0 Å². The summed E-state index contributed by atoms with van der Waals surface area (Å²) < 4.78 is 2.24. The predicted octanol–water partition coefficient (Wildman–Crippen LogP) is 3.59. The lowest BCUT2D eigenvalue weighted by molar-refractivity contribution is 0.0628. The number of piperazine rings is 1. The van der Waals surface area contributed by atoms with E-state index < -0.39 is 0 Å². The van der Waals surface area contributed by atoms with E-state index in [0.29, 0.717) is 11.6 Å². The van der Waals surface area contributed by atoms with Crippen molar-refractivity contribution in [3.05, 3.63) is 59.6 Å². The van der Waals surface area contributed by atoms with Crippen LogP contribution in [0.5, 0.6) is 0 Å². The number of rotatable bonds is 6. The van der Waals surface area contributed by atoms with Crippen molar-refractivity contribution in [3.63, 3.8) is 0 Å². The van der Waals surface area contributed by atoms with Crippen molar-refractivity contribution in [3.8, 4) is 10.6 Å². The first-order valence-corrected chi connectivity index (χ1v) is 11.0. The zero-order chi connectivity index (χ0) is 20.2. The molecule has 1 saturated heterocycles. The SMILES string of the molecule is CC(C)c1nccn1CCN1CCN(C(=O)c2csc(-c3ccccc3)n2)CC1. The summed E-state index contributed by atoms with van der Waals surface area (Å²) in [4.78, 5) is 26.2. The molecule has 3 heterocycles. The number of hydrogen-bond acceptors (Lipinski definition) is 5. The minimum atomic E-state index is 0.0415. The largest absolute Gasteiger partial charge is 0.335 e. The van der Waals surface area contributed by atoms with Crippen molar-refractivity contribution < 1.29 is 4.79 Å². The van der Waals surface area contributed by atoms with E-state index in [1.807, 2.05) is 46.8 Å². The van der Waals surface area contributed by atoms with Crippen molar-refractivity contribution >= 4 is 17.2 Å². The Hall–Kier alpha value is -2.51. The highest BCUT2D eigenvalue weighted by Crippen LogP contribution is 2.24. The van der Waals surface area contributed by atoms with Gasteiger partial charge in [0.1, 0.15) is 16.5 Å². The van der Waals surface area contributed by atoms with Crippen LogP contribution in [0.2, 0.25) is 0 Å². The molecule has 1 amide bonds. The Bertz CT molecular complexity index is 941. The average molecular weight is 410 g/mol. The Balaban J connectivity index is 1.30. The number of carbonyl (C=O) groups excluding carboxylic acids is 1. The van der Waals surface area contributed by atoms with Crippen LogP contribution in [0.25, 0.3) is 10.6 Å². The summed E-state index contributed by atoms with van der Waals surface area (Å²) in [5.74, 6) is 1.61. The fourth-order valence-electron chi connectivity index (χ4n) is 3.68. The van der Waals surface area contributed by atoms with Crippen LogP contribution in [0.1, 0.15) is 36.1 Å². The third-order valence-corrected chi connectivity index (χ3v) is 6.22. The second-order valence-corrected chi connectivity index (χ2v) is 8.53. The van der Waals surface area contributed by atoms with Gasteiger partial charge in [0.15, 0.2) is 0 Å². The number of hydrogen-bond donors (Lipinski definition) is 0. The quantitative estimate of drug-likeness (QED) is 0.624. The summed E-state index contributed by atoms with van der Waals surface area (Å²) >= 11 is 1.53. The Morgan fingerprint density at radius 2 is 1.86 bits per heavy atom. The fraction of sp³-hybridized carbons (Fsp3) is 0.409. The number of benzene rings is 1. The van der Waals surface area contributed by atoms with Gasteiger partial charge in [-0.05, 0) is 0 Å². The van der Waals surface area contributed by atoms with Crippen molar-refractivity contribution in [1.82, 2.24) is 24.3 Å². The van der Waals surface area contributed by atoms with Crippen molar-refractivity contribution in [2.45, 2.75) is 26.3 Å². The fourth-order valence-corrected chi connectivity index (χ4v) is 4.48. The molecule has 0 radical (unpaired) electrons. The smallest absolute Gasteiger partial charge is 0.273 e. The standard InChI is InChI=1S/C22H27N5OS/c1-17(2)20-23-8-9-26(20)13-10-25-11-14-27(15-12-25)22(28)19-16-29-21(24-19)18-6-4-3-5-7-18/h3-9,16-17H,10-15H2,1-2H3. The van der Waals surface area contributed by atoms with Gasteiger partial charge < -0.3 is 9.47 Å². The first-order chi connectivity index (χ1) is 14.1. The van der Waals surface area contributed by atoms with E-state index in [-0.39, 0.29) is 5.91 Å². The predicted molar refractivity (Wildman–Crippen MR) is 116 cm³/mol. The molecule has 0 saturated carbocycles. The van der Waals surface area contributed by atoms with Gasteiger partial charge in [-0.15, -0.1) is 11.3 Å². The average Bonchev–Trinajstić information content (AvgIpc) is 3.43. The number of imidazole rings is 1. The molecule has 1 aliphatic heterocycles. The molecule has 0 bridgehead atoms. The first-order valence-electron chi connectivity index (χ1n) is 10.2. The monoisotopic (exact) mass is 409 g/mol. The van der Waals surface area contributed by atoms with Gasteiger partial charge in [0.05, 0.1) is 0 Å². The van der Waals surface area contributed by atoms with E-state index in [4.69, 9.17) is 0 Å². The Labute approximate surface area is 175 Å². The summed E-state index contributed by atoms with van der Waals surface area (Å²) in [6.45, 7) is 9.55. The van der Waals surface area contributed by atoms with Gasteiger partial charge in [0, 0.05) is 68.5 Å². The summed E-state index contributed by atoms with van der Waals surface area (Å²) in [5.41, 5.74) is 1.61. The van der Waals surface area contributed by atoms with Gasteiger partial charge in [-0.1, -0.05) is 44.2 Å². The number of carbonyl (C=O) groups is 1. The minimum Gasteiger partial charge on any atom is -0.335 e. The molecule has 0 aliphatic carbocycles. The Morgan fingerprint density at radius 3 is 2.59 bits per heavy atom. The van der Waals surface area contributed by atoms with Crippen LogP contribution >= 0.6 is 11.3 Å². The van der Waals surface area contributed by atoms with E-state index in [0.717, 1.165) is 55.7 Å². The number of amides is 1. The van der Waals surface area contributed by atoms with Gasteiger partial charge in [0.2, 0.25) is 0 Å². The Morgan fingerprint density at radius 1 is 1.10 bits per heavy atom. The maximum atomic E-state index is 12.9. The molecule has 1 aliphatic rings. The molecule has 1 aromatic carbocycles. The molecule has 1 fully saturated rings. The van der Waals surface area contributed by atoms with Crippen LogP contribution in [0.15, 0.2) is 48.1 Å². The van der Waals surface area contributed by atoms with Crippen molar-refractivity contribution in [1.29, 1.82) is 0 Å². The molecule has 3 aromatic rings. The second kappa shape index (κ2) is 8.88. The molecule has 2 aromatic heterocycles. The van der Waals surface area contributed by atoms with Crippen LogP contribution in [0.4, 0.5) is 0 Å².